The Hall–Kier alpha value is -3.20. The summed E-state index contributed by atoms with van der Waals surface area (Å²) in [6, 6.07) is 14.2. The second-order valence-electron chi connectivity index (χ2n) is 8.46. The summed E-state index contributed by atoms with van der Waals surface area (Å²) in [6.07, 6.45) is 2.16. The van der Waals surface area contributed by atoms with Gasteiger partial charge in [0.1, 0.15) is 6.54 Å². The molecule has 0 aliphatic rings. The lowest BCUT2D eigenvalue weighted by Crippen LogP contribution is -2.44. The van der Waals surface area contributed by atoms with Gasteiger partial charge in [-0.15, -0.1) is 17.9 Å². The molecule has 0 aliphatic heterocycles. The lowest BCUT2D eigenvalue weighted by molar-refractivity contribution is -0.132. The van der Waals surface area contributed by atoms with Crippen LogP contribution in [0.3, 0.4) is 0 Å². The van der Waals surface area contributed by atoms with E-state index in [4.69, 9.17) is 32.7 Å². The van der Waals surface area contributed by atoms with Gasteiger partial charge in [0.25, 0.3) is 0 Å². The lowest BCUT2D eigenvalue weighted by atomic mass is 10.1. The summed E-state index contributed by atoms with van der Waals surface area (Å²) < 4.78 is 10.7. The van der Waals surface area contributed by atoms with Gasteiger partial charge in [-0.25, -0.2) is 4.79 Å². The van der Waals surface area contributed by atoms with Crippen LogP contribution in [0.1, 0.15) is 15.3 Å². The van der Waals surface area contributed by atoms with E-state index in [1.54, 1.807) is 54.7 Å². The van der Waals surface area contributed by atoms with Crippen molar-refractivity contribution in [2.75, 3.05) is 39.2 Å². The maximum absolute atomic E-state index is 13.6. The van der Waals surface area contributed by atoms with Gasteiger partial charge in [-0.3, -0.25) is 4.79 Å². The fraction of sp³-hybridized carbons (Fsp3) is 0.286. The Balaban J connectivity index is 1.77. The normalized spacial score (nSPS) is 10.6. The zero-order chi connectivity index (χ0) is 27.7. The predicted octanol–water partition coefficient (Wildman–Crippen LogP) is 6.67. The average molecular weight is 577 g/mol. The lowest BCUT2D eigenvalue weighted by Gasteiger charge is -2.27. The number of rotatable bonds is 12. The number of methoxy groups -OCH3 is 2. The molecule has 10 heteroatoms. The largest absolute Gasteiger partial charge is 0.493 e. The van der Waals surface area contributed by atoms with Crippen LogP contribution in [0.5, 0.6) is 11.5 Å². The number of ether oxygens (including phenoxy) is 2. The number of urea groups is 1. The van der Waals surface area contributed by atoms with Gasteiger partial charge < -0.3 is 24.6 Å². The van der Waals surface area contributed by atoms with E-state index in [1.165, 1.54) is 4.90 Å². The fourth-order valence-electron chi connectivity index (χ4n) is 3.79. The summed E-state index contributed by atoms with van der Waals surface area (Å²) in [5.41, 5.74) is 1.29. The number of hydrogen-bond acceptors (Lipinski definition) is 5. The number of hydrogen-bond donors (Lipinski definition) is 1. The predicted molar refractivity (Wildman–Crippen MR) is 155 cm³/mol. The van der Waals surface area contributed by atoms with Gasteiger partial charge >= 0.3 is 6.03 Å². The van der Waals surface area contributed by atoms with Gasteiger partial charge in [-0.05, 0) is 55.3 Å². The van der Waals surface area contributed by atoms with Crippen molar-refractivity contribution in [3.8, 4) is 11.5 Å². The van der Waals surface area contributed by atoms with Crippen LogP contribution in [0, 0.1) is 6.92 Å². The number of carbonyl (C=O) groups is 2. The molecule has 0 spiro atoms. The molecule has 0 saturated carbocycles. The van der Waals surface area contributed by atoms with Crippen LogP contribution in [0.4, 0.5) is 10.5 Å². The molecule has 1 heterocycles. The Morgan fingerprint density at radius 1 is 1.03 bits per heavy atom. The molecule has 202 valence electrons. The highest BCUT2D eigenvalue weighted by molar-refractivity contribution is 7.11. The molecule has 3 rings (SSSR count). The minimum Gasteiger partial charge on any atom is -0.493 e. The second-order valence-corrected chi connectivity index (χ2v) is 10.6. The molecule has 0 atom stereocenters. The molecule has 0 radical (unpaired) electrons. The highest BCUT2D eigenvalue weighted by Gasteiger charge is 2.23. The molecule has 1 aromatic heterocycles. The number of nitrogens with zero attached hydrogens (tertiary/aromatic N) is 2. The molecule has 0 saturated heterocycles. The molecule has 1 N–H and O–H groups in total. The Kier molecular flexibility index (Phi) is 10.9. The molecule has 7 nitrogen and oxygen atoms in total. The van der Waals surface area contributed by atoms with Crippen molar-refractivity contribution >= 4 is 52.2 Å². The number of aryl methyl sites for hydroxylation is 1. The van der Waals surface area contributed by atoms with E-state index in [2.05, 4.69) is 11.9 Å². The van der Waals surface area contributed by atoms with Crippen molar-refractivity contribution < 1.29 is 19.1 Å². The van der Waals surface area contributed by atoms with Gasteiger partial charge in [-0.2, -0.15) is 0 Å². The SMILES string of the molecule is C=CCN(CC(=O)N(CCc1ccc(OC)c(OC)c1)Cc1ccc(C)s1)C(=O)Nc1c(Cl)cccc1Cl. The summed E-state index contributed by atoms with van der Waals surface area (Å²) in [4.78, 5) is 32.0. The number of amides is 3. The maximum atomic E-state index is 13.6. The van der Waals surface area contributed by atoms with Crippen LogP contribution in [-0.4, -0.2) is 55.6 Å². The van der Waals surface area contributed by atoms with Gasteiger partial charge in [-0.1, -0.05) is 41.4 Å². The molecule has 3 amide bonds. The third-order valence-corrected chi connectivity index (χ3v) is 7.39. The topological polar surface area (TPSA) is 71.1 Å². The first kappa shape index (κ1) is 29.4. The van der Waals surface area contributed by atoms with E-state index in [1.807, 2.05) is 37.3 Å². The summed E-state index contributed by atoms with van der Waals surface area (Å²) in [7, 11) is 3.18. The minimum absolute atomic E-state index is 0.143. The summed E-state index contributed by atoms with van der Waals surface area (Å²) in [5.74, 6) is 1.07. The number of halogens is 2. The van der Waals surface area contributed by atoms with E-state index in [0.717, 1.165) is 15.3 Å². The van der Waals surface area contributed by atoms with Crippen molar-refractivity contribution in [1.29, 1.82) is 0 Å². The van der Waals surface area contributed by atoms with Crippen LogP contribution in [-0.2, 0) is 17.8 Å². The number of anilines is 1. The highest BCUT2D eigenvalue weighted by Crippen LogP contribution is 2.30. The Morgan fingerprint density at radius 3 is 2.34 bits per heavy atom. The van der Waals surface area contributed by atoms with Crippen LogP contribution < -0.4 is 14.8 Å². The first-order chi connectivity index (χ1) is 18.2. The van der Waals surface area contributed by atoms with Crippen molar-refractivity contribution in [2.45, 2.75) is 19.9 Å². The summed E-state index contributed by atoms with van der Waals surface area (Å²) >= 11 is 14.1. The smallest absolute Gasteiger partial charge is 0.322 e. The molecule has 0 fully saturated rings. The third-order valence-electron chi connectivity index (χ3n) is 5.77. The molecule has 0 aliphatic carbocycles. The van der Waals surface area contributed by atoms with Crippen molar-refractivity contribution in [3.05, 3.63) is 86.5 Å². The zero-order valence-corrected chi connectivity index (χ0v) is 24.0. The number of thiophene rings is 1. The van der Waals surface area contributed by atoms with Crippen LogP contribution in [0.2, 0.25) is 10.0 Å². The van der Waals surface area contributed by atoms with Crippen LogP contribution in [0.15, 0.2) is 61.2 Å². The standard InChI is InChI=1S/C28H31Cl2N3O4S/c1-5-14-33(28(35)31-27-22(29)7-6-8-23(27)30)18-26(34)32(17-21-11-9-19(2)38-21)15-13-20-10-12-24(36-3)25(16-20)37-4/h5-12,16H,1,13-15,17-18H2,2-4H3,(H,31,35). The molecule has 0 unspecified atom stereocenters. The molecular weight excluding hydrogens is 545 g/mol. The molecular formula is C28H31Cl2N3O4S. The van der Waals surface area contributed by atoms with E-state index in [0.29, 0.717) is 46.7 Å². The first-order valence-corrected chi connectivity index (χ1v) is 13.5. The summed E-state index contributed by atoms with van der Waals surface area (Å²) in [5, 5.41) is 3.33. The number of nitrogens with one attached hydrogen (secondary N) is 1. The van der Waals surface area contributed by atoms with E-state index in [-0.39, 0.29) is 19.0 Å². The maximum Gasteiger partial charge on any atom is 0.322 e. The van der Waals surface area contributed by atoms with E-state index < -0.39 is 6.03 Å². The highest BCUT2D eigenvalue weighted by atomic mass is 35.5. The number of para-hydroxylation sites is 1. The Morgan fingerprint density at radius 2 is 1.74 bits per heavy atom. The number of benzene rings is 2. The van der Waals surface area contributed by atoms with Gasteiger partial charge in [0, 0.05) is 22.8 Å². The second kappa shape index (κ2) is 14.1. The molecule has 3 aromatic rings. The van der Waals surface area contributed by atoms with Gasteiger partial charge in [0.2, 0.25) is 5.91 Å². The molecule has 2 aromatic carbocycles. The molecule has 38 heavy (non-hydrogen) atoms. The molecule has 0 bridgehead atoms. The van der Waals surface area contributed by atoms with Gasteiger partial charge in [0.05, 0.1) is 36.5 Å². The monoisotopic (exact) mass is 575 g/mol. The number of carbonyl (C=O) groups excluding carboxylic acids is 2. The van der Waals surface area contributed by atoms with Crippen molar-refractivity contribution in [1.82, 2.24) is 9.80 Å². The quantitative estimate of drug-likeness (QED) is 0.245. The van der Waals surface area contributed by atoms with Crippen LogP contribution >= 0.6 is 34.5 Å². The minimum atomic E-state index is -0.500. The Bertz CT molecular complexity index is 1260. The third kappa shape index (κ3) is 7.90. The van der Waals surface area contributed by atoms with Gasteiger partial charge in [0.15, 0.2) is 11.5 Å². The van der Waals surface area contributed by atoms with Crippen molar-refractivity contribution in [3.63, 3.8) is 0 Å². The summed E-state index contributed by atoms with van der Waals surface area (Å²) in [6.45, 7) is 6.67. The first-order valence-electron chi connectivity index (χ1n) is 11.9. The van der Waals surface area contributed by atoms with Crippen molar-refractivity contribution in [2.24, 2.45) is 0 Å². The Labute approximate surface area is 237 Å². The fourth-order valence-corrected chi connectivity index (χ4v) is 5.19. The van der Waals surface area contributed by atoms with Crippen LogP contribution in [0.25, 0.3) is 0 Å². The van der Waals surface area contributed by atoms with E-state index >= 15 is 0 Å². The zero-order valence-electron chi connectivity index (χ0n) is 21.6. The van der Waals surface area contributed by atoms with E-state index in [9.17, 15) is 9.59 Å². The average Bonchev–Trinajstić information content (AvgIpc) is 3.32.